The number of thiophene rings is 1. The Morgan fingerprint density at radius 1 is 1.23 bits per heavy atom. The largest absolute Gasteiger partial charge is 0.403 e. The Balaban J connectivity index is 1.54. The molecule has 1 atom stereocenters. The number of carbonyl (C=O) groups is 1. The molecule has 0 aliphatic carbocycles. The van der Waals surface area contributed by atoms with E-state index >= 15 is 0 Å². The van der Waals surface area contributed by atoms with E-state index in [1.165, 1.54) is 16.4 Å². The van der Waals surface area contributed by atoms with Crippen molar-refractivity contribution in [1.29, 1.82) is 0 Å². The van der Waals surface area contributed by atoms with Crippen molar-refractivity contribution in [3.63, 3.8) is 0 Å². The molecule has 1 amide bonds. The van der Waals surface area contributed by atoms with Crippen LogP contribution in [-0.2, 0) is 14.8 Å². The number of benzene rings is 1. The Labute approximate surface area is 189 Å². The van der Waals surface area contributed by atoms with Gasteiger partial charge in [-0.25, -0.2) is 8.42 Å². The zero-order chi connectivity index (χ0) is 22.2. The summed E-state index contributed by atoms with van der Waals surface area (Å²) in [5.74, 6) is -0.212. The molecule has 164 valence electrons. The lowest BCUT2D eigenvalue weighted by Gasteiger charge is -2.32. The van der Waals surface area contributed by atoms with E-state index in [1.807, 2.05) is 32.0 Å². The number of hydrogen-bond acceptors (Lipinski definition) is 7. The number of piperidine rings is 1. The minimum atomic E-state index is -3.84. The van der Waals surface area contributed by atoms with Gasteiger partial charge in [-0.1, -0.05) is 40.8 Å². The summed E-state index contributed by atoms with van der Waals surface area (Å²) in [5, 5.41) is 10.5. The smallest absolute Gasteiger partial charge is 0.322 e. The van der Waals surface area contributed by atoms with Crippen molar-refractivity contribution in [1.82, 2.24) is 14.5 Å². The Kier molecular flexibility index (Phi) is 6.16. The summed E-state index contributed by atoms with van der Waals surface area (Å²) in [6.07, 6.45) is 1.83. The summed E-state index contributed by atoms with van der Waals surface area (Å²) in [7, 11) is -3.84. The van der Waals surface area contributed by atoms with E-state index in [-0.39, 0.29) is 22.7 Å². The van der Waals surface area contributed by atoms with Gasteiger partial charge in [-0.3, -0.25) is 10.1 Å². The van der Waals surface area contributed by atoms with Crippen LogP contribution in [0.4, 0.5) is 6.01 Å². The molecule has 11 heteroatoms. The van der Waals surface area contributed by atoms with Crippen molar-refractivity contribution in [3.8, 4) is 11.5 Å². The number of carbonyl (C=O) groups excluding carboxylic acids is 1. The molecule has 1 aliphatic heterocycles. The van der Waals surface area contributed by atoms with Gasteiger partial charge in [-0.2, -0.15) is 4.31 Å². The molecule has 1 aromatic carbocycles. The molecule has 31 heavy (non-hydrogen) atoms. The molecule has 1 saturated heterocycles. The quantitative estimate of drug-likeness (QED) is 0.585. The minimum Gasteiger partial charge on any atom is -0.403 e. The second kappa shape index (κ2) is 8.70. The zero-order valence-electron chi connectivity index (χ0n) is 17.0. The highest BCUT2D eigenvalue weighted by Gasteiger charge is 2.38. The van der Waals surface area contributed by atoms with Crippen LogP contribution in [0.3, 0.4) is 0 Å². The van der Waals surface area contributed by atoms with Crippen molar-refractivity contribution in [2.75, 3.05) is 11.9 Å². The highest BCUT2D eigenvalue weighted by atomic mass is 35.5. The van der Waals surface area contributed by atoms with Crippen molar-refractivity contribution >= 4 is 44.9 Å². The average molecular weight is 481 g/mol. The van der Waals surface area contributed by atoms with E-state index in [4.69, 9.17) is 16.0 Å². The summed E-state index contributed by atoms with van der Waals surface area (Å²) >= 11 is 6.89. The third-order valence-electron chi connectivity index (χ3n) is 5.14. The molecule has 2 aromatic heterocycles. The Hall–Kier alpha value is -2.27. The molecule has 1 unspecified atom stereocenters. The van der Waals surface area contributed by atoms with Gasteiger partial charge in [-0.05, 0) is 50.5 Å². The van der Waals surface area contributed by atoms with Gasteiger partial charge in [0.15, 0.2) is 0 Å². The van der Waals surface area contributed by atoms with Crippen LogP contribution in [0.2, 0.25) is 4.34 Å². The maximum absolute atomic E-state index is 13.1. The number of aromatic nitrogens is 2. The normalized spacial score (nSPS) is 17.6. The standard InChI is InChI=1S/C20H21ClN4O4S2/c1-12-6-7-14(13(2)11-12)19-23-24-20(29-19)22-18(26)15-5-3-4-10-25(15)31(27,28)17-9-8-16(21)30-17/h6-9,11,15H,3-5,10H2,1-2H3,(H,22,24,26). The summed E-state index contributed by atoms with van der Waals surface area (Å²) in [6.45, 7) is 4.18. The molecule has 0 saturated carbocycles. The fourth-order valence-corrected chi connectivity index (χ4v) is 6.90. The zero-order valence-corrected chi connectivity index (χ0v) is 19.4. The molecular formula is C20H21ClN4O4S2. The lowest BCUT2D eigenvalue weighted by Crippen LogP contribution is -2.49. The number of halogens is 1. The van der Waals surface area contributed by atoms with Gasteiger partial charge in [0.1, 0.15) is 10.3 Å². The molecule has 1 aliphatic rings. The first-order valence-corrected chi connectivity index (χ1v) is 12.4. The second-order valence-electron chi connectivity index (χ2n) is 7.41. The van der Waals surface area contributed by atoms with Crippen LogP contribution in [0, 0.1) is 13.8 Å². The number of hydrogen-bond donors (Lipinski definition) is 1. The van der Waals surface area contributed by atoms with Crippen molar-refractivity contribution < 1.29 is 17.6 Å². The van der Waals surface area contributed by atoms with E-state index in [0.29, 0.717) is 17.2 Å². The van der Waals surface area contributed by atoms with E-state index in [0.717, 1.165) is 34.4 Å². The highest BCUT2D eigenvalue weighted by Crippen LogP contribution is 2.32. The predicted molar refractivity (Wildman–Crippen MR) is 119 cm³/mol. The summed E-state index contributed by atoms with van der Waals surface area (Å²) in [5.41, 5.74) is 2.86. The first-order chi connectivity index (χ1) is 14.8. The number of nitrogens with one attached hydrogen (secondary N) is 1. The predicted octanol–water partition coefficient (Wildman–Crippen LogP) is 4.25. The maximum atomic E-state index is 13.1. The fourth-order valence-electron chi connectivity index (χ4n) is 3.63. The van der Waals surface area contributed by atoms with Gasteiger partial charge in [0.25, 0.3) is 10.0 Å². The van der Waals surface area contributed by atoms with E-state index in [1.54, 1.807) is 0 Å². The van der Waals surface area contributed by atoms with Crippen molar-refractivity contribution in [2.24, 2.45) is 0 Å². The number of aryl methyl sites for hydroxylation is 2. The number of amides is 1. The molecular weight excluding hydrogens is 460 g/mol. The van der Waals surface area contributed by atoms with Crippen LogP contribution in [0.25, 0.3) is 11.5 Å². The first-order valence-electron chi connectivity index (χ1n) is 9.75. The lowest BCUT2D eigenvalue weighted by molar-refractivity contribution is -0.120. The molecule has 0 radical (unpaired) electrons. The highest BCUT2D eigenvalue weighted by molar-refractivity contribution is 7.91. The van der Waals surface area contributed by atoms with Gasteiger partial charge in [0.05, 0.1) is 4.34 Å². The number of nitrogens with zero attached hydrogens (tertiary/aromatic N) is 3. The molecule has 0 spiro atoms. The van der Waals surface area contributed by atoms with Crippen LogP contribution in [0.1, 0.15) is 30.4 Å². The molecule has 1 N–H and O–H groups in total. The fraction of sp³-hybridized carbons (Fsp3) is 0.350. The summed E-state index contributed by atoms with van der Waals surface area (Å²) in [4.78, 5) is 13.0. The molecule has 4 rings (SSSR count). The maximum Gasteiger partial charge on any atom is 0.322 e. The van der Waals surface area contributed by atoms with Crippen LogP contribution in [0.5, 0.6) is 0 Å². The van der Waals surface area contributed by atoms with Gasteiger partial charge in [-0.15, -0.1) is 16.4 Å². The van der Waals surface area contributed by atoms with Gasteiger partial charge in [0, 0.05) is 12.1 Å². The monoisotopic (exact) mass is 480 g/mol. The number of anilines is 1. The van der Waals surface area contributed by atoms with Crippen LogP contribution < -0.4 is 5.32 Å². The van der Waals surface area contributed by atoms with Gasteiger partial charge in [0.2, 0.25) is 11.8 Å². The van der Waals surface area contributed by atoms with Crippen LogP contribution >= 0.6 is 22.9 Å². The number of rotatable bonds is 5. The molecule has 3 aromatic rings. The van der Waals surface area contributed by atoms with Gasteiger partial charge < -0.3 is 4.42 Å². The molecule has 3 heterocycles. The number of sulfonamides is 1. The van der Waals surface area contributed by atoms with Gasteiger partial charge >= 0.3 is 6.01 Å². The van der Waals surface area contributed by atoms with Crippen molar-refractivity contribution in [3.05, 3.63) is 45.8 Å². The Morgan fingerprint density at radius 2 is 2.03 bits per heavy atom. The Morgan fingerprint density at radius 3 is 2.74 bits per heavy atom. The third kappa shape index (κ3) is 4.52. The third-order valence-corrected chi connectivity index (χ3v) is 8.74. The SMILES string of the molecule is Cc1ccc(-c2nnc(NC(=O)C3CCCCN3S(=O)(=O)c3ccc(Cl)s3)o2)c(C)c1. The van der Waals surface area contributed by atoms with E-state index in [2.05, 4.69) is 15.5 Å². The van der Waals surface area contributed by atoms with Crippen LogP contribution in [-0.4, -0.2) is 41.4 Å². The minimum absolute atomic E-state index is 0.0675. The van der Waals surface area contributed by atoms with Crippen molar-refractivity contribution in [2.45, 2.75) is 43.4 Å². The summed E-state index contributed by atoms with van der Waals surface area (Å²) < 4.78 is 33.5. The van der Waals surface area contributed by atoms with E-state index in [9.17, 15) is 13.2 Å². The molecule has 1 fully saturated rings. The lowest BCUT2D eigenvalue weighted by atomic mass is 10.0. The second-order valence-corrected chi connectivity index (χ2v) is 11.2. The Bertz CT molecular complexity index is 1220. The molecule has 0 bridgehead atoms. The molecule has 8 nitrogen and oxygen atoms in total. The average Bonchev–Trinajstić information content (AvgIpc) is 3.37. The first kappa shape index (κ1) is 21.9. The van der Waals surface area contributed by atoms with Crippen LogP contribution in [0.15, 0.2) is 39.0 Å². The topological polar surface area (TPSA) is 105 Å². The van der Waals surface area contributed by atoms with E-state index < -0.39 is 22.0 Å². The summed E-state index contributed by atoms with van der Waals surface area (Å²) in [6, 6.07) is 7.88.